The first-order valence-electron chi connectivity index (χ1n) is 3.77. The third-order valence-corrected chi connectivity index (χ3v) is 1.93. The maximum atomic E-state index is 10.7. The van der Waals surface area contributed by atoms with Gasteiger partial charge in [-0.3, -0.25) is 0 Å². The summed E-state index contributed by atoms with van der Waals surface area (Å²) in [5.74, 6) is -0.948. The summed E-state index contributed by atoms with van der Waals surface area (Å²) in [6, 6.07) is 3.23. The molecule has 0 aliphatic carbocycles. The molecule has 0 spiro atoms. The van der Waals surface area contributed by atoms with Crippen molar-refractivity contribution in [3.8, 4) is 0 Å². The van der Waals surface area contributed by atoms with Crippen LogP contribution in [-0.4, -0.2) is 16.2 Å². The Kier molecular flexibility index (Phi) is 2.76. The smallest absolute Gasteiger partial charge is 0.336 e. The standard InChI is InChI=1S/C9H7NO3.ClH/c1-5-2-6-4-10-13-8(6)3-7(5)9(11)12;/h2-4H,1H3,(H,11,12);1H. The average molecular weight is 214 g/mol. The highest BCUT2D eigenvalue weighted by Gasteiger charge is 2.09. The van der Waals surface area contributed by atoms with E-state index in [-0.39, 0.29) is 18.0 Å². The number of aromatic nitrogens is 1. The van der Waals surface area contributed by atoms with Crippen LogP contribution >= 0.6 is 12.4 Å². The van der Waals surface area contributed by atoms with E-state index in [2.05, 4.69) is 5.16 Å². The first kappa shape index (κ1) is 10.5. The van der Waals surface area contributed by atoms with Crippen molar-refractivity contribution >= 4 is 29.3 Å². The minimum absolute atomic E-state index is 0. The molecule has 4 nitrogen and oxygen atoms in total. The summed E-state index contributed by atoms with van der Waals surface area (Å²) in [6.45, 7) is 1.75. The number of nitrogens with zero attached hydrogens (tertiary/aromatic N) is 1. The van der Waals surface area contributed by atoms with Gasteiger partial charge in [0.1, 0.15) is 0 Å². The van der Waals surface area contributed by atoms with E-state index in [4.69, 9.17) is 9.63 Å². The molecule has 2 aromatic rings. The van der Waals surface area contributed by atoms with Crippen molar-refractivity contribution in [3.05, 3.63) is 29.5 Å². The fourth-order valence-electron chi connectivity index (χ4n) is 1.26. The summed E-state index contributed by atoms with van der Waals surface area (Å²) in [7, 11) is 0. The van der Waals surface area contributed by atoms with E-state index in [0.717, 1.165) is 5.39 Å². The summed E-state index contributed by atoms with van der Waals surface area (Å²) in [5.41, 5.74) is 1.47. The summed E-state index contributed by atoms with van der Waals surface area (Å²) < 4.78 is 4.85. The zero-order valence-electron chi connectivity index (χ0n) is 7.35. The number of fused-ring (bicyclic) bond motifs is 1. The van der Waals surface area contributed by atoms with Crippen molar-refractivity contribution in [2.45, 2.75) is 6.92 Å². The van der Waals surface area contributed by atoms with Crippen LogP contribution < -0.4 is 0 Å². The predicted molar refractivity (Wildman–Crippen MR) is 53.0 cm³/mol. The van der Waals surface area contributed by atoms with Gasteiger partial charge in [0.05, 0.1) is 11.8 Å². The molecule has 0 aliphatic rings. The molecule has 0 aliphatic heterocycles. The molecule has 0 radical (unpaired) electrons. The monoisotopic (exact) mass is 213 g/mol. The Labute approximate surface area is 85.9 Å². The molecule has 1 aromatic heterocycles. The van der Waals surface area contributed by atoms with Crippen molar-refractivity contribution in [2.75, 3.05) is 0 Å². The van der Waals surface area contributed by atoms with Crippen molar-refractivity contribution in [3.63, 3.8) is 0 Å². The number of aryl methyl sites for hydroxylation is 1. The fourth-order valence-corrected chi connectivity index (χ4v) is 1.26. The van der Waals surface area contributed by atoms with Crippen LogP contribution in [0, 0.1) is 6.92 Å². The molecule has 14 heavy (non-hydrogen) atoms. The first-order chi connectivity index (χ1) is 6.18. The summed E-state index contributed by atoms with van der Waals surface area (Å²) in [5, 5.41) is 13.2. The molecular formula is C9H8ClNO3. The second-order valence-electron chi connectivity index (χ2n) is 2.84. The number of benzene rings is 1. The molecule has 5 heteroatoms. The average Bonchev–Trinajstić information content (AvgIpc) is 2.48. The zero-order chi connectivity index (χ0) is 9.42. The molecule has 0 saturated heterocycles. The van der Waals surface area contributed by atoms with Crippen molar-refractivity contribution in [1.82, 2.24) is 5.16 Å². The third-order valence-electron chi connectivity index (χ3n) is 1.93. The lowest BCUT2D eigenvalue weighted by atomic mass is 10.1. The molecule has 74 valence electrons. The SMILES string of the molecule is Cc1cc2cnoc2cc1C(=O)O.Cl. The topological polar surface area (TPSA) is 63.3 Å². The second-order valence-corrected chi connectivity index (χ2v) is 2.84. The summed E-state index contributed by atoms with van der Waals surface area (Å²) in [4.78, 5) is 10.7. The highest BCUT2D eigenvalue weighted by Crippen LogP contribution is 2.19. The van der Waals surface area contributed by atoms with Crippen LogP contribution in [0.3, 0.4) is 0 Å². The van der Waals surface area contributed by atoms with E-state index in [1.54, 1.807) is 19.2 Å². The number of aromatic carboxylic acids is 1. The summed E-state index contributed by atoms with van der Waals surface area (Å²) >= 11 is 0. The minimum atomic E-state index is -0.948. The zero-order valence-corrected chi connectivity index (χ0v) is 8.17. The van der Waals surface area contributed by atoms with Gasteiger partial charge in [-0.1, -0.05) is 5.16 Å². The van der Waals surface area contributed by atoms with Gasteiger partial charge in [-0.15, -0.1) is 12.4 Å². The number of rotatable bonds is 1. The molecule has 2 rings (SSSR count). The molecule has 0 amide bonds. The highest BCUT2D eigenvalue weighted by atomic mass is 35.5. The number of hydrogen-bond acceptors (Lipinski definition) is 3. The molecule has 1 aromatic carbocycles. The number of carbonyl (C=O) groups is 1. The van der Waals surface area contributed by atoms with Crippen molar-refractivity contribution < 1.29 is 14.4 Å². The van der Waals surface area contributed by atoms with Crippen LogP contribution in [0.2, 0.25) is 0 Å². The Balaban J connectivity index is 0.000000980. The Morgan fingerprint density at radius 2 is 2.21 bits per heavy atom. The quantitative estimate of drug-likeness (QED) is 0.789. The molecule has 1 N–H and O–H groups in total. The van der Waals surface area contributed by atoms with E-state index < -0.39 is 5.97 Å². The molecule has 0 fully saturated rings. The largest absolute Gasteiger partial charge is 0.478 e. The van der Waals surface area contributed by atoms with Crippen LogP contribution in [-0.2, 0) is 0 Å². The second kappa shape index (κ2) is 3.67. The van der Waals surface area contributed by atoms with E-state index in [9.17, 15) is 4.79 Å². The minimum Gasteiger partial charge on any atom is -0.478 e. The van der Waals surface area contributed by atoms with Crippen molar-refractivity contribution in [1.29, 1.82) is 0 Å². The maximum Gasteiger partial charge on any atom is 0.336 e. The van der Waals surface area contributed by atoms with Crippen LogP contribution in [0.15, 0.2) is 22.9 Å². The van der Waals surface area contributed by atoms with Crippen LogP contribution in [0.25, 0.3) is 11.0 Å². The lowest BCUT2D eigenvalue weighted by Gasteiger charge is -1.98. The Bertz CT molecular complexity index is 478. The molecule has 1 heterocycles. The van der Waals surface area contributed by atoms with Gasteiger partial charge in [0.15, 0.2) is 5.58 Å². The normalized spacial score (nSPS) is 9.79. The summed E-state index contributed by atoms with van der Waals surface area (Å²) in [6.07, 6.45) is 1.56. The van der Waals surface area contributed by atoms with Gasteiger partial charge in [-0.05, 0) is 24.6 Å². The van der Waals surface area contributed by atoms with Gasteiger partial charge in [-0.25, -0.2) is 4.79 Å². The fraction of sp³-hybridized carbons (Fsp3) is 0.111. The molecular weight excluding hydrogens is 206 g/mol. The van der Waals surface area contributed by atoms with Crippen LogP contribution in [0.4, 0.5) is 0 Å². The lowest BCUT2D eigenvalue weighted by Crippen LogP contribution is -1.98. The number of hydrogen-bond donors (Lipinski definition) is 1. The van der Waals surface area contributed by atoms with Gasteiger partial charge in [-0.2, -0.15) is 0 Å². The Morgan fingerprint density at radius 3 is 2.86 bits per heavy atom. The van der Waals surface area contributed by atoms with E-state index in [1.165, 1.54) is 6.07 Å². The van der Waals surface area contributed by atoms with E-state index in [0.29, 0.717) is 11.1 Å². The highest BCUT2D eigenvalue weighted by molar-refractivity contribution is 5.94. The van der Waals surface area contributed by atoms with Crippen molar-refractivity contribution in [2.24, 2.45) is 0 Å². The van der Waals surface area contributed by atoms with E-state index >= 15 is 0 Å². The Morgan fingerprint density at radius 1 is 1.50 bits per heavy atom. The first-order valence-corrected chi connectivity index (χ1v) is 3.77. The molecule has 0 saturated carbocycles. The van der Waals surface area contributed by atoms with Crippen LogP contribution in [0.5, 0.6) is 0 Å². The maximum absolute atomic E-state index is 10.7. The molecule has 0 bridgehead atoms. The third kappa shape index (κ3) is 1.56. The molecule has 0 unspecified atom stereocenters. The number of halogens is 1. The number of carboxylic acid groups (broad SMARTS) is 1. The molecule has 0 atom stereocenters. The number of carboxylic acids is 1. The van der Waals surface area contributed by atoms with Gasteiger partial charge < -0.3 is 9.63 Å². The Hall–Kier alpha value is -1.55. The predicted octanol–water partition coefficient (Wildman–Crippen LogP) is 2.26. The van der Waals surface area contributed by atoms with Gasteiger partial charge in [0, 0.05) is 5.39 Å². The van der Waals surface area contributed by atoms with Gasteiger partial charge >= 0.3 is 5.97 Å². The van der Waals surface area contributed by atoms with Gasteiger partial charge in [0.2, 0.25) is 0 Å². The lowest BCUT2D eigenvalue weighted by molar-refractivity contribution is 0.0696. The van der Waals surface area contributed by atoms with Gasteiger partial charge in [0.25, 0.3) is 0 Å². The van der Waals surface area contributed by atoms with E-state index in [1.807, 2.05) is 0 Å². The van der Waals surface area contributed by atoms with Crippen LogP contribution in [0.1, 0.15) is 15.9 Å².